The summed E-state index contributed by atoms with van der Waals surface area (Å²) in [6.07, 6.45) is 3.04. The van der Waals surface area contributed by atoms with Gasteiger partial charge in [0.2, 0.25) is 0 Å². The van der Waals surface area contributed by atoms with Crippen LogP contribution in [0.5, 0.6) is 0 Å². The topological polar surface area (TPSA) is 109 Å². The molecule has 0 aromatic carbocycles. The first kappa shape index (κ1) is 17.1. The van der Waals surface area contributed by atoms with Crippen LogP contribution in [-0.2, 0) is 9.73 Å². The molecule has 0 radical (unpaired) electrons. The Morgan fingerprint density at radius 2 is 2.13 bits per heavy atom. The van der Waals surface area contributed by atoms with Crippen molar-refractivity contribution >= 4 is 38.7 Å². The Labute approximate surface area is 138 Å². The number of amides is 1. The number of nitrogens with one attached hydrogen (secondary N) is 2. The quantitative estimate of drug-likeness (QED) is 0.865. The summed E-state index contributed by atoms with van der Waals surface area (Å²) in [5.41, 5.74) is 0.347. The molecule has 2 heterocycles. The van der Waals surface area contributed by atoms with Gasteiger partial charge in [-0.3, -0.25) is 4.79 Å². The number of pyridine rings is 1. The lowest BCUT2D eigenvalue weighted by atomic mass is 10.3. The fourth-order valence-electron chi connectivity index (χ4n) is 1.77. The average molecular weight is 355 g/mol. The zero-order valence-electron chi connectivity index (χ0n) is 12.7. The van der Waals surface area contributed by atoms with Crippen LogP contribution in [0.3, 0.4) is 0 Å². The number of aromatic nitrogens is 3. The second kappa shape index (κ2) is 6.88. The SMILES string of the molecule is CN=S(C)(=O)c1cccnc1Nc1cc(Cl)nnc1C(=O)NC. The number of hydrogen-bond acceptors (Lipinski definition) is 7. The lowest BCUT2D eigenvalue weighted by Gasteiger charge is -2.13. The van der Waals surface area contributed by atoms with E-state index >= 15 is 0 Å². The van der Waals surface area contributed by atoms with Crippen LogP contribution in [0.15, 0.2) is 33.7 Å². The first-order valence-corrected chi connectivity index (χ1v) is 8.76. The van der Waals surface area contributed by atoms with Crippen molar-refractivity contribution in [3.63, 3.8) is 0 Å². The lowest BCUT2D eigenvalue weighted by Crippen LogP contribution is -2.21. The van der Waals surface area contributed by atoms with E-state index in [-0.39, 0.29) is 10.8 Å². The first-order valence-electron chi connectivity index (χ1n) is 6.46. The van der Waals surface area contributed by atoms with Crippen LogP contribution < -0.4 is 10.6 Å². The van der Waals surface area contributed by atoms with Gasteiger partial charge in [0.05, 0.1) is 20.3 Å². The molecule has 10 heteroatoms. The molecule has 0 aliphatic rings. The molecule has 0 aliphatic carbocycles. The normalized spacial score (nSPS) is 13.0. The summed E-state index contributed by atoms with van der Waals surface area (Å²) in [6.45, 7) is 0. The minimum Gasteiger partial charge on any atom is -0.354 e. The Kier molecular flexibility index (Phi) is 5.12. The Morgan fingerprint density at radius 3 is 2.78 bits per heavy atom. The van der Waals surface area contributed by atoms with Crippen molar-refractivity contribution in [2.45, 2.75) is 4.90 Å². The molecule has 2 rings (SSSR count). The molecule has 0 saturated heterocycles. The summed E-state index contributed by atoms with van der Waals surface area (Å²) in [4.78, 5) is 16.5. The number of hydrogen-bond donors (Lipinski definition) is 2. The average Bonchev–Trinajstić information content (AvgIpc) is 2.54. The van der Waals surface area contributed by atoms with Crippen LogP contribution >= 0.6 is 11.6 Å². The Bertz CT molecular complexity index is 863. The van der Waals surface area contributed by atoms with Crippen LogP contribution in [0.4, 0.5) is 11.5 Å². The Hall–Kier alpha value is -2.26. The maximum absolute atomic E-state index is 12.5. The largest absolute Gasteiger partial charge is 0.354 e. The smallest absolute Gasteiger partial charge is 0.273 e. The van der Waals surface area contributed by atoms with E-state index in [2.05, 4.69) is 30.2 Å². The van der Waals surface area contributed by atoms with Crippen molar-refractivity contribution in [2.75, 3.05) is 25.7 Å². The van der Waals surface area contributed by atoms with Crippen molar-refractivity contribution < 1.29 is 9.00 Å². The maximum Gasteiger partial charge on any atom is 0.273 e. The van der Waals surface area contributed by atoms with Gasteiger partial charge in [-0.2, -0.15) is 0 Å². The van der Waals surface area contributed by atoms with Crippen molar-refractivity contribution in [1.29, 1.82) is 0 Å². The predicted molar refractivity (Wildman–Crippen MR) is 88.6 cm³/mol. The van der Waals surface area contributed by atoms with Gasteiger partial charge in [0.25, 0.3) is 5.91 Å². The van der Waals surface area contributed by atoms with Gasteiger partial charge in [0, 0.05) is 32.6 Å². The zero-order valence-corrected chi connectivity index (χ0v) is 14.3. The number of halogens is 1. The molecule has 1 atom stereocenters. The zero-order chi connectivity index (χ0) is 17.0. The minimum absolute atomic E-state index is 0.0459. The van der Waals surface area contributed by atoms with Crippen molar-refractivity contribution in [3.8, 4) is 0 Å². The molecule has 8 nitrogen and oxygen atoms in total. The van der Waals surface area contributed by atoms with E-state index in [9.17, 15) is 9.00 Å². The van der Waals surface area contributed by atoms with Crippen molar-refractivity contribution in [3.05, 3.63) is 35.2 Å². The molecule has 2 aromatic heterocycles. The predicted octanol–water partition coefficient (Wildman–Crippen LogP) is 1.71. The van der Waals surface area contributed by atoms with Gasteiger partial charge >= 0.3 is 0 Å². The van der Waals surface area contributed by atoms with E-state index in [0.717, 1.165) is 0 Å². The molecule has 2 N–H and O–H groups in total. The highest BCUT2D eigenvalue weighted by molar-refractivity contribution is 7.93. The van der Waals surface area contributed by atoms with Gasteiger partial charge < -0.3 is 10.6 Å². The Balaban J connectivity index is 2.55. The first-order chi connectivity index (χ1) is 10.9. The second-order valence-corrected chi connectivity index (χ2v) is 7.27. The summed E-state index contributed by atoms with van der Waals surface area (Å²) >= 11 is 5.85. The summed E-state index contributed by atoms with van der Waals surface area (Å²) in [5, 5.41) is 12.9. The van der Waals surface area contributed by atoms with E-state index in [4.69, 9.17) is 11.6 Å². The molecule has 0 fully saturated rings. The van der Waals surface area contributed by atoms with Gasteiger partial charge in [-0.1, -0.05) is 11.6 Å². The van der Waals surface area contributed by atoms with Crippen LogP contribution in [-0.4, -0.2) is 45.6 Å². The number of carbonyl (C=O) groups is 1. The summed E-state index contributed by atoms with van der Waals surface area (Å²) in [6, 6.07) is 4.75. The molecule has 0 spiro atoms. The fourth-order valence-corrected chi connectivity index (χ4v) is 2.90. The molecule has 1 unspecified atom stereocenters. The fraction of sp³-hybridized carbons (Fsp3) is 0.231. The van der Waals surface area contributed by atoms with Crippen LogP contribution in [0, 0.1) is 0 Å². The maximum atomic E-state index is 12.5. The number of rotatable bonds is 4. The molecule has 1 amide bonds. The van der Waals surface area contributed by atoms with Gasteiger partial charge in [-0.25, -0.2) is 13.6 Å². The minimum atomic E-state index is -2.62. The van der Waals surface area contributed by atoms with E-state index in [0.29, 0.717) is 16.4 Å². The van der Waals surface area contributed by atoms with Crippen LogP contribution in [0.1, 0.15) is 10.5 Å². The molecule has 0 bridgehead atoms. The van der Waals surface area contributed by atoms with E-state index in [1.165, 1.54) is 32.6 Å². The van der Waals surface area contributed by atoms with E-state index < -0.39 is 15.6 Å². The monoisotopic (exact) mass is 354 g/mol. The molecular formula is C13H15ClN6O2S. The third-order valence-corrected chi connectivity index (χ3v) is 5.01. The van der Waals surface area contributed by atoms with Crippen molar-refractivity contribution in [1.82, 2.24) is 20.5 Å². The van der Waals surface area contributed by atoms with Gasteiger partial charge in [-0.05, 0) is 12.1 Å². The molecule has 0 saturated carbocycles. The van der Waals surface area contributed by atoms with Gasteiger partial charge in [-0.15, -0.1) is 10.2 Å². The van der Waals surface area contributed by atoms with Gasteiger partial charge in [0.1, 0.15) is 5.82 Å². The molecule has 2 aromatic rings. The van der Waals surface area contributed by atoms with Gasteiger partial charge in [0.15, 0.2) is 10.8 Å². The highest BCUT2D eigenvalue weighted by Crippen LogP contribution is 2.26. The lowest BCUT2D eigenvalue weighted by molar-refractivity contribution is 0.0958. The number of nitrogens with zero attached hydrogens (tertiary/aromatic N) is 4. The highest BCUT2D eigenvalue weighted by Gasteiger charge is 2.18. The third-order valence-electron chi connectivity index (χ3n) is 2.99. The van der Waals surface area contributed by atoms with E-state index in [1.807, 2.05) is 0 Å². The molecular weight excluding hydrogens is 340 g/mol. The van der Waals surface area contributed by atoms with Crippen LogP contribution in [0.2, 0.25) is 5.15 Å². The molecule has 0 aliphatic heterocycles. The standard InChI is InChI=1S/C13H15ClN6O2S/c1-15-13(21)11-8(7-10(14)19-20-11)18-12-9(5-4-6-17-12)23(3,22)16-2/h4-7H,1-3H3,(H,15,21)(H,17,18,19). The summed E-state index contributed by atoms with van der Waals surface area (Å²) in [7, 11) is 0.330. The third kappa shape index (κ3) is 3.74. The van der Waals surface area contributed by atoms with Crippen LogP contribution in [0.25, 0.3) is 0 Å². The highest BCUT2D eigenvalue weighted by atomic mass is 35.5. The summed E-state index contributed by atoms with van der Waals surface area (Å²) in [5.74, 6) is -0.133. The van der Waals surface area contributed by atoms with Crippen molar-refractivity contribution in [2.24, 2.45) is 4.36 Å². The Morgan fingerprint density at radius 1 is 1.39 bits per heavy atom. The van der Waals surface area contributed by atoms with E-state index in [1.54, 1.807) is 12.1 Å². The number of anilines is 2. The molecule has 23 heavy (non-hydrogen) atoms. The molecule has 122 valence electrons. The summed E-state index contributed by atoms with van der Waals surface area (Å²) < 4.78 is 16.4. The number of carbonyl (C=O) groups excluding carboxylic acids is 1. The second-order valence-electron chi connectivity index (χ2n) is 4.47.